The van der Waals surface area contributed by atoms with Crippen LogP contribution in [-0.4, -0.2) is 11.7 Å². The first-order valence-corrected chi connectivity index (χ1v) is 4.68. The molecule has 0 aromatic heterocycles. The van der Waals surface area contributed by atoms with Crippen LogP contribution in [0.2, 0.25) is 0 Å². The minimum absolute atomic E-state index is 0.251. The number of phenols is 1. The van der Waals surface area contributed by atoms with Crippen molar-refractivity contribution in [3.05, 3.63) is 23.8 Å². The van der Waals surface area contributed by atoms with Crippen LogP contribution in [0.4, 0.5) is 0 Å². The lowest BCUT2D eigenvalue weighted by Gasteiger charge is -2.07. The maximum Gasteiger partial charge on any atom is 0.160 e. The molecule has 2 nitrogen and oxygen atoms in total. The number of aromatic hydroxyl groups is 1. The predicted molar refractivity (Wildman–Crippen MR) is 51.1 cm³/mol. The van der Waals surface area contributed by atoms with E-state index < -0.39 is 0 Å². The van der Waals surface area contributed by atoms with Crippen molar-refractivity contribution in [2.24, 2.45) is 5.92 Å². The first-order chi connectivity index (χ1) is 6.25. The number of phenolic OH excluding ortho intramolecular Hbond substituents is 1. The lowest BCUT2D eigenvalue weighted by Crippen LogP contribution is -1.98. The number of hydrogen-bond acceptors (Lipinski definition) is 2. The highest BCUT2D eigenvalue weighted by Crippen LogP contribution is 2.32. The second-order valence-corrected chi connectivity index (χ2v) is 3.73. The Labute approximate surface area is 78.2 Å². The quantitative estimate of drug-likeness (QED) is 0.770. The third kappa shape index (κ3) is 2.14. The van der Waals surface area contributed by atoms with E-state index in [1.54, 1.807) is 6.07 Å². The fourth-order valence-electron chi connectivity index (χ4n) is 1.24. The Bertz CT molecular complexity index is 303. The Hall–Kier alpha value is -1.18. The second kappa shape index (κ2) is 3.29. The van der Waals surface area contributed by atoms with E-state index in [-0.39, 0.29) is 5.75 Å². The molecule has 2 heteroatoms. The highest BCUT2D eigenvalue weighted by molar-refractivity contribution is 5.41. The molecular formula is C11H14O2. The molecular weight excluding hydrogens is 164 g/mol. The summed E-state index contributed by atoms with van der Waals surface area (Å²) >= 11 is 0. The molecule has 0 atom stereocenters. The summed E-state index contributed by atoms with van der Waals surface area (Å²) in [6.07, 6.45) is 2.54. The molecule has 2 rings (SSSR count). The summed E-state index contributed by atoms with van der Waals surface area (Å²) in [6.45, 7) is 2.70. The van der Waals surface area contributed by atoms with Crippen LogP contribution in [0.1, 0.15) is 18.4 Å². The van der Waals surface area contributed by atoms with Gasteiger partial charge >= 0.3 is 0 Å². The summed E-state index contributed by atoms with van der Waals surface area (Å²) in [4.78, 5) is 0. The summed E-state index contributed by atoms with van der Waals surface area (Å²) < 4.78 is 5.47. The molecule has 0 spiro atoms. The monoisotopic (exact) mass is 178 g/mol. The fourth-order valence-corrected chi connectivity index (χ4v) is 1.24. The molecule has 0 saturated heterocycles. The molecule has 70 valence electrons. The van der Waals surface area contributed by atoms with E-state index in [2.05, 4.69) is 0 Å². The highest BCUT2D eigenvalue weighted by Gasteiger charge is 2.22. The van der Waals surface area contributed by atoms with Crippen LogP contribution in [0, 0.1) is 12.8 Å². The Morgan fingerprint density at radius 1 is 1.46 bits per heavy atom. The second-order valence-electron chi connectivity index (χ2n) is 3.73. The van der Waals surface area contributed by atoms with E-state index in [0.717, 1.165) is 18.1 Å². The maximum absolute atomic E-state index is 9.50. The Morgan fingerprint density at radius 2 is 2.23 bits per heavy atom. The SMILES string of the molecule is Cc1ccc(OCC2CC2)c(O)c1. The Balaban J connectivity index is 2.01. The van der Waals surface area contributed by atoms with E-state index in [1.165, 1.54) is 12.8 Å². The standard InChI is InChI=1S/C11H14O2/c1-8-2-5-11(10(12)6-8)13-7-9-3-4-9/h2,5-6,9,12H,3-4,7H2,1H3. The lowest BCUT2D eigenvalue weighted by molar-refractivity contribution is 0.284. The molecule has 1 N–H and O–H groups in total. The van der Waals surface area contributed by atoms with E-state index in [4.69, 9.17) is 4.74 Å². The first-order valence-electron chi connectivity index (χ1n) is 4.68. The van der Waals surface area contributed by atoms with Crippen LogP contribution in [0.15, 0.2) is 18.2 Å². The summed E-state index contributed by atoms with van der Waals surface area (Å²) in [7, 11) is 0. The van der Waals surface area contributed by atoms with Gasteiger partial charge in [0.25, 0.3) is 0 Å². The van der Waals surface area contributed by atoms with Gasteiger partial charge in [0.2, 0.25) is 0 Å². The van der Waals surface area contributed by atoms with Crippen molar-refractivity contribution in [2.75, 3.05) is 6.61 Å². The van der Waals surface area contributed by atoms with Crippen LogP contribution in [0.3, 0.4) is 0 Å². The minimum atomic E-state index is 0.251. The predicted octanol–water partition coefficient (Wildman–Crippen LogP) is 2.49. The van der Waals surface area contributed by atoms with E-state index >= 15 is 0 Å². The summed E-state index contributed by atoms with van der Waals surface area (Å²) in [5, 5.41) is 9.50. The van der Waals surface area contributed by atoms with Crippen molar-refractivity contribution >= 4 is 0 Å². The van der Waals surface area contributed by atoms with Crippen molar-refractivity contribution in [1.82, 2.24) is 0 Å². The van der Waals surface area contributed by atoms with Crippen LogP contribution < -0.4 is 4.74 Å². The van der Waals surface area contributed by atoms with Gasteiger partial charge < -0.3 is 9.84 Å². The normalized spacial score (nSPS) is 15.8. The smallest absolute Gasteiger partial charge is 0.160 e. The molecule has 1 aromatic rings. The zero-order chi connectivity index (χ0) is 9.26. The summed E-state index contributed by atoms with van der Waals surface area (Å²) in [5.41, 5.74) is 1.05. The molecule has 1 aliphatic rings. The summed E-state index contributed by atoms with van der Waals surface area (Å²) in [6, 6.07) is 5.50. The molecule has 0 heterocycles. The third-order valence-electron chi connectivity index (χ3n) is 2.29. The molecule has 0 radical (unpaired) electrons. The van der Waals surface area contributed by atoms with Crippen LogP contribution >= 0.6 is 0 Å². The molecule has 0 amide bonds. The largest absolute Gasteiger partial charge is 0.504 e. The van der Waals surface area contributed by atoms with Gasteiger partial charge in [0.05, 0.1) is 6.61 Å². The van der Waals surface area contributed by atoms with Gasteiger partial charge in [-0.15, -0.1) is 0 Å². The topological polar surface area (TPSA) is 29.5 Å². The Morgan fingerprint density at radius 3 is 2.85 bits per heavy atom. The van der Waals surface area contributed by atoms with Crippen LogP contribution in [0.5, 0.6) is 11.5 Å². The van der Waals surface area contributed by atoms with Gasteiger partial charge in [0.1, 0.15) is 0 Å². The van der Waals surface area contributed by atoms with Gasteiger partial charge in [-0.3, -0.25) is 0 Å². The van der Waals surface area contributed by atoms with Gasteiger partial charge in [-0.05, 0) is 43.4 Å². The van der Waals surface area contributed by atoms with Crippen molar-refractivity contribution < 1.29 is 9.84 Å². The average molecular weight is 178 g/mol. The van der Waals surface area contributed by atoms with Gasteiger partial charge in [-0.1, -0.05) is 6.07 Å². The molecule has 13 heavy (non-hydrogen) atoms. The molecule has 1 saturated carbocycles. The zero-order valence-electron chi connectivity index (χ0n) is 7.79. The van der Waals surface area contributed by atoms with Gasteiger partial charge in [0.15, 0.2) is 11.5 Å². The maximum atomic E-state index is 9.50. The minimum Gasteiger partial charge on any atom is -0.504 e. The number of ether oxygens (including phenoxy) is 1. The van der Waals surface area contributed by atoms with E-state index in [9.17, 15) is 5.11 Å². The number of rotatable bonds is 3. The molecule has 1 fully saturated rings. The lowest BCUT2D eigenvalue weighted by atomic mass is 10.2. The molecule has 1 aliphatic carbocycles. The molecule has 0 unspecified atom stereocenters. The van der Waals surface area contributed by atoms with Gasteiger partial charge in [-0.25, -0.2) is 0 Å². The van der Waals surface area contributed by atoms with Gasteiger partial charge in [0, 0.05) is 0 Å². The van der Waals surface area contributed by atoms with Crippen molar-refractivity contribution in [3.63, 3.8) is 0 Å². The zero-order valence-corrected chi connectivity index (χ0v) is 7.79. The van der Waals surface area contributed by atoms with Crippen LogP contribution in [0.25, 0.3) is 0 Å². The van der Waals surface area contributed by atoms with Crippen molar-refractivity contribution in [3.8, 4) is 11.5 Å². The van der Waals surface area contributed by atoms with Gasteiger partial charge in [-0.2, -0.15) is 0 Å². The summed E-state index contributed by atoms with van der Waals surface area (Å²) in [5.74, 6) is 1.58. The van der Waals surface area contributed by atoms with Crippen molar-refractivity contribution in [2.45, 2.75) is 19.8 Å². The first kappa shape index (κ1) is 8.42. The van der Waals surface area contributed by atoms with Crippen molar-refractivity contribution in [1.29, 1.82) is 0 Å². The molecule has 0 bridgehead atoms. The third-order valence-corrected chi connectivity index (χ3v) is 2.29. The number of aryl methyl sites for hydroxylation is 1. The molecule has 0 aliphatic heterocycles. The molecule has 1 aromatic carbocycles. The highest BCUT2D eigenvalue weighted by atomic mass is 16.5. The van der Waals surface area contributed by atoms with E-state index in [0.29, 0.717) is 5.75 Å². The van der Waals surface area contributed by atoms with Crippen LogP contribution in [-0.2, 0) is 0 Å². The number of benzene rings is 1. The Kier molecular flexibility index (Phi) is 2.13. The number of hydrogen-bond donors (Lipinski definition) is 1. The fraction of sp³-hybridized carbons (Fsp3) is 0.455. The van der Waals surface area contributed by atoms with E-state index in [1.807, 2.05) is 19.1 Å². The average Bonchev–Trinajstić information content (AvgIpc) is 2.86.